The number of sulfonamides is 1. The third kappa shape index (κ3) is 2.57. The standard InChI is InChI=1S/C16H20N4O2S/c1-19-11-17-18-16(19)13-7-8-20(10-13)23(21,22)15-9-14(15)12-5-3-2-4-6-12/h2-6,11,13-15H,7-10H2,1H3/t13?,14-,15+/m0/s1. The highest BCUT2D eigenvalue weighted by Gasteiger charge is 2.51. The van der Waals surface area contributed by atoms with Crippen LogP contribution in [0.4, 0.5) is 0 Å². The summed E-state index contributed by atoms with van der Waals surface area (Å²) in [6, 6.07) is 9.94. The van der Waals surface area contributed by atoms with Crippen LogP contribution in [0.15, 0.2) is 36.7 Å². The molecule has 2 fully saturated rings. The second kappa shape index (κ2) is 5.42. The lowest BCUT2D eigenvalue weighted by Gasteiger charge is -2.16. The summed E-state index contributed by atoms with van der Waals surface area (Å²) in [6.07, 6.45) is 3.21. The van der Waals surface area contributed by atoms with E-state index in [1.165, 1.54) is 0 Å². The van der Waals surface area contributed by atoms with E-state index in [9.17, 15) is 8.42 Å². The van der Waals surface area contributed by atoms with Gasteiger partial charge >= 0.3 is 0 Å². The molecule has 3 atom stereocenters. The van der Waals surface area contributed by atoms with Gasteiger partial charge in [0.25, 0.3) is 0 Å². The zero-order chi connectivity index (χ0) is 16.0. The Morgan fingerprint density at radius 1 is 1.22 bits per heavy atom. The van der Waals surface area contributed by atoms with Crippen LogP contribution in [-0.2, 0) is 17.1 Å². The van der Waals surface area contributed by atoms with E-state index in [2.05, 4.69) is 10.2 Å². The molecule has 1 aliphatic heterocycles. The van der Waals surface area contributed by atoms with Gasteiger partial charge in [-0.05, 0) is 18.4 Å². The van der Waals surface area contributed by atoms with Gasteiger partial charge in [-0.15, -0.1) is 10.2 Å². The zero-order valence-corrected chi connectivity index (χ0v) is 13.9. The molecule has 122 valence electrons. The predicted octanol–water partition coefficient (Wildman–Crippen LogP) is 1.49. The summed E-state index contributed by atoms with van der Waals surface area (Å²) >= 11 is 0. The number of nitrogens with zero attached hydrogens (tertiary/aromatic N) is 4. The van der Waals surface area contributed by atoms with Gasteiger partial charge < -0.3 is 4.57 Å². The first-order chi connectivity index (χ1) is 11.1. The lowest BCUT2D eigenvalue weighted by atomic mass is 10.1. The topological polar surface area (TPSA) is 68.1 Å². The van der Waals surface area contributed by atoms with E-state index in [-0.39, 0.29) is 17.1 Å². The minimum Gasteiger partial charge on any atom is -0.320 e. The van der Waals surface area contributed by atoms with E-state index in [0.717, 1.165) is 24.2 Å². The molecule has 1 aromatic heterocycles. The molecule has 0 bridgehead atoms. The van der Waals surface area contributed by atoms with Crippen LogP contribution in [0.1, 0.15) is 36.1 Å². The van der Waals surface area contributed by atoms with Crippen molar-refractivity contribution in [1.82, 2.24) is 19.1 Å². The highest BCUT2D eigenvalue weighted by atomic mass is 32.2. The Morgan fingerprint density at radius 3 is 2.70 bits per heavy atom. The van der Waals surface area contributed by atoms with Crippen LogP contribution in [0.25, 0.3) is 0 Å². The third-order valence-electron chi connectivity index (χ3n) is 4.96. The molecule has 0 amide bonds. The Kier molecular flexibility index (Phi) is 3.50. The molecule has 6 nitrogen and oxygen atoms in total. The Balaban J connectivity index is 1.48. The number of hydrogen-bond acceptors (Lipinski definition) is 4. The molecule has 1 aliphatic carbocycles. The summed E-state index contributed by atoms with van der Waals surface area (Å²) in [5.74, 6) is 1.17. The summed E-state index contributed by atoms with van der Waals surface area (Å²) in [6.45, 7) is 1.10. The molecule has 0 radical (unpaired) electrons. The maximum Gasteiger partial charge on any atom is 0.217 e. The molecule has 2 aromatic rings. The lowest BCUT2D eigenvalue weighted by molar-refractivity contribution is 0.468. The Morgan fingerprint density at radius 2 is 2.00 bits per heavy atom. The van der Waals surface area contributed by atoms with Crippen molar-refractivity contribution < 1.29 is 8.42 Å². The summed E-state index contributed by atoms with van der Waals surface area (Å²) < 4.78 is 29.3. The van der Waals surface area contributed by atoms with Gasteiger partial charge in [0, 0.05) is 32.0 Å². The first kappa shape index (κ1) is 14.8. The number of benzene rings is 1. The van der Waals surface area contributed by atoms with Crippen molar-refractivity contribution in [3.8, 4) is 0 Å². The van der Waals surface area contributed by atoms with Crippen LogP contribution in [0.2, 0.25) is 0 Å². The normalized spacial score (nSPS) is 28.1. The van der Waals surface area contributed by atoms with Crippen molar-refractivity contribution >= 4 is 10.0 Å². The number of aryl methyl sites for hydroxylation is 1. The molecular weight excluding hydrogens is 312 g/mol. The number of hydrogen-bond donors (Lipinski definition) is 0. The van der Waals surface area contributed by atoms with Gasteiger partial charge in [0.05, 0.1) is 5.25 Å². The Hall–Kier alpha value is -1.73. The fourth-order valence-corrected chi connectivity index (χ4v) is 5.73. The SMILES string of the molecule is Cn1cnnc1C1CCN(S(=O)(=O)[C@@H]2C[C@H]2c2ccccc2)C1. The fraction of sp³-hybridized carbons (Fsp3) is 0.500. The van der Waals surface area contributed by atoms with Gasteiger partial charge in [-0.2, -0.15) is 0 Å². The minimum absolute atomic E-state index is 0.145. The molecule has 2 aliphatic rings. The van der Waals surface area contributed by atoms with E-state index >= 15 is 0 Å². The quantitative estimate of drug-likeness (QED) is 0.851. The second-order valence-corrected chi connectivity index (χ2v) is 8.63. The summed E-state index contributed by atoms with van der Waals surface area (Å²) in [5.41, 5.74) is 1.13. The largest absolute Gasteiger partial charge is 0.320 e. The van der Waals surface area contributed by atoms with Crippen LogP contribution in [0.5, 0.6) is 0 Å². The fourth-order valence-electron chi connectivity index (χ4n) is 3.58. The van der Waals surface area contributed by atoms with Crippen LogP contribution < -0.4 is 0 Å². The van der Waals surface area contributed by atoms with E-state index in [4.69, 9.17) is 0 Å². The molecule has 4 rings (SSSR count). The summed E-state index contributed by atoms with van der Waals surface area (Å²) in [7, 11) is -1.32. The van der Waals surface area contributed by atoms with E-state index < -0.39 is 10.0 Å². The maximum atomic E-state index is 12.9. The van der Waals surface area contributed by atoms with Crippen molar-refractivity contribution in [2.75, 3.05) is 13.1 Å². The van der Waals surface area contributed by atoms with Gasteiger partial charge in [0.1, 0.15) is 12.2 Å². The first-order valence-electron chi connectivity index (χ1n) is 7.95. The van der Waals surface area contributed by atoms with Gasteiger partial charge in [0.2, 0.25) is 10.0 Å². The van der Waals surface area contributed by atoms with Crippen molar-refractivity contribution in [2.45, 2.75) is 29.9 Å². The number of rotatable bonds is 4. The molecule has 0 N–H and O–H groups in total. The first-order valence-corrected chi connectivity index (χ1v) is 9.45. The van der Waals surface area contributed by atoms with Gasteiger partial charge in [-0.25, -0.2) is 12.7 Å². The third-order valence-corrected chi connectivity index (χ3v) is 7.30. The molecule has 1 saturated carbocycles. The second-order valence-electron chi connectivity index (χ2n) is 6.48. The number of aromatic nitrogens is 3. The minimum atomic E-state index is -3.22. The van der Waals surface area contributed by atoms with E-state index in [0.29, 0.717) is 13.1 Å². The maximum absolute atomic E-state index is 12.9. The summed E-state index contributed by atoms with van der Waals surface area (Å²) in [5, 5.41) is 7.77. The van der Waals surface area contributed by atoms with Crippen LogP contribution in [0, 0.1) is 0 Å². The molecular formula is C16H20N4O2S. The van der Waals surface area contributed by atoms with E-state index in [1.54, 1.807) is 10.6 Å². The molecule has 1 aromatic carbocycles. The van der Waals surface area contributed by atoms with Crippen molar-refractivity contribution in [3.05, 3.63) is 48.0 Å². The van der Waals surface area contributed by atoms with Gasteiger partial charge in [-0.3, -0.25) is 0 Å². The highest BCUT2D eigenvalue weighted by Crippen LogP contribution is 2.47. The Bertz CT molecular complexity index is 802. The predicted molar refractivity (Wildman–Crippen MR) is 86.4 cm³/mol. The molecule has 7 heteroatoms. The molecule has 23 heavy (non-hydrogen) atoms. The zero-order valence-electron chi connectivity index (χ0n) is 13.0. The molecule has 0 spiro atoms. The average molecular weight is 332 g/mol. The van der Waals surface area contributed by atoms with Crippen molar-refractivity contribution in [3.63, 3.8) is 0 Å². The average Bonchev–Trinajstić information content (AvgIpc) is 3.02. The van der Waals surface area contributed by atoms with Crippen LogP contribution in [-0.4, -0.2) is 45.8 Å². The Labute approximate surface area is 136 Å². The van der Waals surface area contributed by atoms with Gasteiger partial charge in [0.15, 0.2) is 0 Å². The highest BCUT2D eigenvalue weighted by molar-refractivity contribution is 7.90. The van der Waals surface area contributed by atoms with Crippen molar-refractivity contribution in [1.29, 1.82) is 0 Å². The molecule has 1 unspecified atom stereocenters. The van der Waals surface area contributed by atoms with Crippen LogP contribution in [0.3, 0.4) is 0 Å². The van der Waals surface area contributed by atoms with Crippen LogP contribution >= 0.6 is 0 Å². The van der Waals surface area contributed by atoms with E-state index in [1.807, 2.05) is 41.9 Å². The summed E-state index contributed by atoms with van der Waals surface area (Å²) in [4.78, 5) is 0. The van der Waals surface area contributed by atoms with Gasteiger partial charge in [-0.1, -0.05) is 30.3 Å². The van der Waals surface area contributed by atoms with Crippen molar-refractivity contribution in [2.24, 2.45) is 7.05 Å². The monoisotopic (exact) mass is 332 g/mol. The molecule has 1 saturated heterocycles. The lowest BCUT2D eigenvalue weighted by Crippen LogP contribution is -2.32. The molecule has 2 heterocycles. The smallest absolute Gasteiger partial charge is 0.217 e.